The Labute approximate surface area is 80.9 Å². The summed E-state index contributed by atoms with van der Waals surface area (Å²) in [5, 5.41) is 16.7. The van der Waals surface area contributed by atoms with E-state index in [0.717, 1.165) is 0 Å². The molecule has 0 bridgehead atoms. The Hall–Kier alpha value is -1.58. The third kappa shape index (κ3) is 5.13. The van der Waals surface area contributed by atoms with Crippen LogP contribution >= 0.6 is 0 Å². The maximum Gasteiger partial charge on any atom is 0.321 e. The van der Waals surface area contributed by atoms with Crippen molar-refractivity contribution in [2.24, 2.45) is 11.5 Å². The Kier molecular flexibility index (Phi) is 5.29. The van der Waals surface area contributed by atoms with Crippen LogP contribution < -0.4 is 11.5 Å². The molecule has 2 atom stereocenters. The van der Waals surface area contributed by atoms with Gasteiger partial charge in [0, 0.05) is 12.8 Å². The maximum atomic E-state index is 10.2. The molecule has 0 amide bonds. The molecule has 0 saturated carbocycles. The highest BCUT2D eigenvalue weighted by molar-refractivity contribution is 5.74. The van der Waals surface area contributed by atoms with E-state index >= 15 is 0 Å². The SMILES string of the molecule is N[C@@H](CC#CC[C@H](N)C(=O)O)C(=O)O. The van der Waals surface area contributed by atoms with Crippen LogP contribution in [0.5, 0.6) is 0 Å². The first-order valence-electron chi connectivity index (χ1n) is 3.87. The van der Waals surface area contributed by atoms with E-state index in [-0.39, 0.29) is 12.8 Å². The van der Waals surface area contributed by atoms with Crippen molar-refractivity contribution in [2.75, 3.05) is 0 Å². The van der Waals surface area contributed by atoms with Gasteiger partial charge in [-0.25, -0.2) is 0 Å². The van der Waals surface area contributed by atoms with Crippen molar-refractivity contribution in [3.63, 3.8) is 0 Å². The van der Waals surface area contributed by atoms with Crippen LogP contribution in [0.15, 0.2) is 0 Å². The molecule has 0 aromatic rings. The second-order valence-electron chi connectivity index (χ2n) is 2.65. The first-order chi connectivity index (χ1) is 6.45. The predicted molar refractivity (Wildman–Crippen MR) is 48.2 cm³/mol. The third-order valence-electron chi connectivity index (χ3n) is 1.40. The van der Waals surface area contributed by atoms with Crippen LogP contribution in [-0.4, -0.2) is 34.2 Å². The van der Waals surface area contributed by atoms with Gasteiger partial charge in [0.2, 0.25) is 0 Å². The number of aliphatic carboxylic acids is 2. The first-order valence-corrected chi connectivity index (χ1v) is 3.87. The van der Waals surface area contributed by atoms with Crippen molar-refractivity contribution in [3.05, 3.63) is 0 Å². The fourth-order valence-corrected chi connectivity index (χ4v) is 0.539. The number of carboxylic acids is 2. The smallest absolute Gasteiger partial charge is 0.321 e. The molecule has 0 aromatic carbocycles. The highest BCUT2D eigenvalue weighted by Gasteiger charge is 2.10. The summed E-state index contributed by atoms with van der Waals surface area (Å²) < 4.78 is 0. The van der Waals surface area contributed by atoms with Gasteiger partial charge in [-0.2, -0.15) is 0 Å². The molecule has 6 N–H and O–H groups in total. The summed E-state index contributed by atoms with van der Waals surface area (Å²) in [6.07, 6.45) is -0.0245. The van der Waals surface area contributed by atoms with Gasteiger partial charge >= 0.3 is 11.9 Å². The van der Waals surface area contributed by atoms with E-state index in [4.69, 9.17) is 21.7 Å². The molecular formula is C8H12N2O4. The highest BCUT2D eigenvalue weighted by Crippen LogP contribution is 1.88. The van der Waals surface area contributed by atoms with E-state index in [1.165, 1.54) is 0 Å². The monoisotopic (exact) mass is 200 g/mol. The minimum atomic E-state index is -1.14. The van der Waals surface area contributed by atoms with Gasteiger partial charge in [0.05, 0.1) is 0 Å². The fourth-order valence-electron chi connectivity index (χ4n) is 0.539. The largest absolute Gasteiger partial charge is 0.480 e. The van der Waals surface area contributed by atoms with Gasteiger partial charge in [0.1, 0.15) is 12.1 Å². The van der Waals surface area contributed by atoms with E-state index in [1.807, 2.05) is 0 Å². The summed E-state index contributed by atoms with van der Waals surface area (Å²) in [6.45, 7) is 0. The van der Waals surface area contributed by atoms with Gasteiger partial charge in [-0.15, -0.1) is 11.8 Å². The number of carboxylic acid groups (broad SMARTS) is 2. The van der Waals surface area contributed by atoms with Crippen molar-refractivity contribution in [3.8, 4) is 11.8 Å². The van der Waals surface area contributed by atoms with Crippen LogP contribution in [0.1, 0.15) is 12.8 Å². The van der Waals surface area contributed by atoms with E-state index in [9.17, 15) is 9.59 Å². The Morgan fingerprint density at radius 1 is 1.00 bits per heavy atom. The van der Waals surface area contributed by atoms with Gasteiger partial charge in [0.25, 0.3) is 0 Å². The molecule has 0 aliphatic rings. The summed E-state index contributed by atoms with van der Waals surface area (Å²) in [6, 6.07) is -2.08. The van der Waals surface area contributed by atoms with Gasteiger partial charge in [-0.05, 0) is 0 Å². The topological polar surface area (TPSA) is 127 Å². The second kappa shape index (κ2) is 5.96. The van der Waals surface area contributed by atoms with Crippen LogP contribution in [0.3, 0.4) is 0 Å². The van der Waals surface area contributed by atoms with Crippen molar-refractivity contribution >= 4 is 11.9 Å². The van der Waals surface area contributed by atoms with E-state index in [2.05, 4.69) is 11.8 Å². The lowest BCUT2D eigenvalue weighted by atomic mass is 10.2. The third-order valence-corrected chi connectivity index (χ3v) is 1.40. The molecule has 0 aliphatic carbocycles. The maximum absolute atomic E-state index is 10.2. The van der Waals surface area contributed by atoms with Gasteiger partial charge in [-0.1, -0.05) is 0 Å². The standard InChI is InChI=1S/C8H12N2O4/c9-5(7(11)12)3-1-2-4-6(10)8(13)14/h5-6H,3-4,9-10H2,(H,11,12)(H,13,14)/t5-,6-/m0/s1. The molecule has 78 valence electrons. The zero-order valence-corrected chi connectivity index (χ0v) is 7.43. The lowest BCUT2D eigenvalue weighted by Gasteiger charge is -2.00. The minimum absolute atomic E-state index is 0.0122. The molecule has 0 heterocycles. The molecule has 0 unspecified atom stereocenters. The van der Waals surface area contributed by atoms with Gasteiger partial charge < -0.3 is 21.7 Å². The molecule has 6 heteroatoms. The van der Waals surface area contributed by atoms with E-state index < -0.39 is 24.0 Å². The van der Waals surface area contributed by atoms with Gasteiger partial charge in [0.15, 0.2) is 0 Å². The molecular weight excluding hydrogens is 188 g/mol. The van der Waals surface area contributed by atoms with Crippen LogP contribution in [0, 0.1) is 11.8 Å². The highest BCUT2D eigenvalue weighted by atomic mass is 16.4. The molecule has 0 fully saturated rings. The lowest BCUT2D eigenvalue weighted by Crippen LogP contribution is -2.30. The second-order valence-corrected chi connectivity index (χ2v) is 2.65. The molecule has 0 radical (unpaired) electrons. The van der Waals surface area contributed by atoms with Gasteiger partial charge in [-0.3, -0.25) is 9.59 Å². The number of hydrogen-bond donors (Lipinski definition) is 4. The fraction of sp³-hybridized carbons (Fsp3) is 0.500. The molecule has 0 saturated heterocycles. The van der Waals surface area contributed by atoms with Crippen molar-refractivity contribution in [1.82, 2.24) is 0 Å². The predicted octanol–water partition coefficient (Wildman–Crippen LogP) is -1.41. The summed E-state index contributed by atoms with van der Waals surface area (Å²) in [5.74, 6) is 2.63. The van der Waals surface area contributed by atoms with Crippen LogP contribution in [0.2, 0.25) is 0 Å². The lowest BCUT2D eigenvalue weighted by molar-refractivity contribution is -0.139. The molecule has 0 aromatic heterocycles. The normalized spacial score (nSPS) is 13.6. The van der Waals surface area contributed by atoms with E-state index in [1.54, 1.807) is 0 Å². The molecule has 0 rings (SSSR count). The number of hydrogen-bond acceptors (Lipinski definition) is 4. The van der Waals surface area contributed by atoms with Crippen molar-refractivity contribution < 1.29 is 19.8 Å². The summed E-state index contributed by atoms with van der Waals surface area (Å²) in [7, 11) is 0. The number of carbonyl (C=O) groups is 2. The average Bonchev–Trinajstić information content (AvgIpc) is 2.11. The first kappa shape index (κ1) is 12.4. The van der Waals surface area contributed by atoms with Crippen molar-refractivity contribution in [1.29, 1.82) is 0 Å². The quantitative estimate of drug-likeness (QED) is 0.413. The van der Waals surface area contributed by atoms with Crippen LogP contribution in [-0.2, 0) is 9.59 Å². The zero-order valence-electron chi connectivity index (χ0n) is 7.43. The minimum Gasteiger partial charge on any atom is -0.480 e. The molecule has 0 aliphatic heterocycles. The Morgan fingerprint density at radius 3 is 1.50 bits per heavy atom. The molecule has 0 spiro atoms. The van der Waals surface area contributed by atoms with Crippen LogP contribution in [0.25, 0.3) is 0 Å². The number of nitrogens with two attached hydrogens (primary N) is 2. The number of rotatable bonds is 4. The van der Waals surface area contributed by atoms with Crippen LogP contribution in [0.4, 0.5) is 0 Å². The summed E-state index contributed by atoms with van der Waals surface area (Å²) >= 11 is 0. The Balaban J connectivity index is 3.85. The molecule has 14 heavy (non-hydrogen) atoms. The Morgan fingerprint density at radius 2 is 1.29 bits per heavy atom. The van der Waals surface area contributed by atoms with E-state index in [0.29, 0.717) is 0 Å². The zero-order chi connectivity index (χ0) is 11.1. The Bertz CT molecular complexity index is 253. The average molecular weight is 200 g/mol. The summed E-state index contributed by atoms with van der Waals surface area (Å²) in [4.78, 5) is 20.4. The van der Waals surface area contributed by atoms with Crippen molar-refractivity contribution in [2.45, 2.75) is 24.9 Å². The summed E-state index contributed by atoms with van der Waals surface area (Å²) in [5.41, 5.74) is 10.3. The molecule has 6 nitrogen and oxygen atoms in total.